The molecule has 0 aromatic heterocycles. The van der Waals surface area contributed by atoms with Gasteiger partial charge in [-0.1, -0.05) is 17.7 Å². The standard InChI is InChI=1S/C13H15ClN2O3/c1-16-7-11(19-8-12(16)17)6-15-13(18)9-3-2-4-10(14)5-9/h2-5,11H,6-8H2,1H3,(H,15,18). The summed E-state index contributed by atoms with van der Waals surface area (Å²) in [7, 11) is 1.72. The Balaban J connectivity index is 1.85. The highest BCUT2D eigenvalue weighted by Gasteiger charge is 2.23. The molecule has 0 bridgehead atoms. The number of morpholine rings is 1. The van der Waals surface area contributed by atoms with Gasteiger partial charge in [0.05, 0.1) is 6.10 Å². The number of amides is 2. The molecule has 1 aromatic carbocycles. The highest BCUT2D eigenvalue weighted by molar-refractivity contribution is 6.30. The Labute approximate surface area is 116 Å². The van der Waals surface area contributed by atoms with Gasteiger partial charge in [0.1, 0.15) is 6.61 Å². The first-order valence-corrected chi connectivity index (χ1v) is 6.33. The second-order valence-electron chi connectivity index (χ2n) is 4.43. The lowest BCUT2D eigenvalue weighted by molar-refractivity contribution is -0.146. The Hall–Kier alpha value is -1.59. The molecule has 1 aromatic rings. The molecule has 2 rings (SSSR count). The summed E-state index contributed by atoms with van der Waals surface area (Å²) in [6, 6.07) is 6.73. The van der Waals surface area contributed by atoms with E-state index in [1.807, 2.05) is 0 Å². The van der Waals surface area contributed by atoms with Gasteiger partial charge in [-0.25, -0.2) is 0 Å². The maximum atomic E-state index is 11.9. The first-order valence-electron chi connectivity index (χ1n) is 5.95. The highest BCUT2D eigenvalue weighted by atomic mass is 35.5. The minimum atomic E-state index is -0.203. The molecule has 102 valence electrons. The van der Waals surface area contributed by atoms with Crippen LogP contribution in [0.1, 0.15) is 10.4 Å². The van der Waals surface area contributed by atoms with Crippen molar-refractivity contribution >= 4 is 23.4 Å². The molecule has 5 nitrogen and oxygen atoms in total. The van der Waals surface area contributed by atoms with Crippen molar-refractivity contribution in [3.8, 4) is 0 Å². The molecule has 6 heteroatoms. The van der Waals surface area contributed by atoms with E-state index >= 15 is 0 Å². The number of ether oxygens (including phenoxy) is 1. The minimum Gasteiger partial charge on any atom is -0.365 e. The molecular weight excluding hydrogens is 268 g/mol. The molecule has 1 aliphatic heterocycles. The number of nitrogens with zero attached hydrogens (tertiary/aromatic N) is 1. The van der Waals surface area contributed by atoms with Crippen LogP contribution >= 0.6 is 11.6 Å². The Morgan fingerprint density at radius 1 is 1.58 bits per heavy atom. The number of benzene rings is 1. The van der Waals surface area contributed by atoms with Crippen LogP contribution in [0.2, 0.25) is 5.02 Å². The molecule has 1 N–H and O–H groups in total. The summed E-state index contributed by atoms with van der Waals surface area (Å²) in [6.07, 6.45) is -0.175. The maximum Gasteiger partial charge on any atom is 0.251 e. The molecule has 0 radical (unpaired) electrons. The summed E-state index contributed by atoms with van der Waals surface area (Å²) in [5.74, 6) is -0.247. The lowest BCUT2D eigenvalue weighted by Crippen LogP contribution is -2.48. The van der Waals surface area contributed by atoms with Gasteiger partial charge in [0.2, 0.25) is 5.91 Å². The summed E-state index contributed by atoms with van der Waals surface area (Å²) < 4.78 is 5.34. The second-order valence-corrected chi connectivity index (χ2v) is 4.86. The van der Waals surface area contributed by atoms with Crippen molar-refractivity contribution in [2.75, 3.05) is 26.7 Å². The number of carbonyl (C=O) groups is 2. The van der Waals surface area contributed by atoms with Crippen LogP contribution in [-0.2, 0) is 9.53 Å². The fourth-order valence-electron chi connectivity index (χ4n) is 1.82. The number of nitrogens with one attached hydrogen (secondary N) is 1. The van der Waals surface area contributed by atoms with Crippen LogP contribution in [0.25, 0.3) is 0 Å². The van der Waals surface area contributed by atoms with Crippen LogP contribution in [-0.4, -0.2) is 49.6 Å². The Bertz CT molecular complexity index is 493. The third-order valence-corrected chi connectivity index (χ3v) is 3.16. The van der Waals surface area contributed by atoms with Crippen LogP contribution in [0.3, 0.4) is 0 Å². The second kappa shape index (κ2) is 6.04. The normalized spacial score (nSPS) is 19.4. The fourth-order valence-corrected chi connectivity index (χ4v) is 2.01. The molecule has 0 aliphatic carbocycles. The largest absolute Gasteiger partial charge is 0.365 e. The van der Waals surface area contributed by atoms with Gasteiger partial charge in [0.15, 0.2) is 0 Å². The van der Waals surface area contributed by atoms with Crippen LogP contribution < -0.4 is 5.32 Å². The zero-order chi connectivity index (χ0) is 13.8. The van der Waals surface area contributed by atoms with E-state index in [0.717, 1.165) is 0 Å². The van der Waals surface area contributed by atoms with Gasteiger partial charge in [0.25, 0.3) is 5.91 Å². The third kappa shape index (κ3) is 3.68. The zero-order valence-corrected chi connectivity index (χ0v) is 11.3. The number of carbonyl (C=O) groups excluding carboxylic acids is 2. The van der Waals surface area contributed by atoms with E-state index in [-0.39, 0.29) is 24.5 Å². The summed E-state index contributed by atoms with van der Waals surface area (Å²) >= 11 is 5.82. The fraction of sp³-hybridized carbons (Fsp3) is 0.385. The highest BCUT2D eigenvalue weighted by Crippen LogP contribution is 2.10. The van der Waals surface area contributed by atoms with Crippen molar-refractivity contribution in [3.05, 3.63) is 34.9 Å². The average Bonchev–Trinajstić information content (AvgIpc) is 2.40. The molecular formula is C13H15ClN2O3. The Morgan fingerprint density at radius 3 is 3.05 bits per heavy atom. The number of likely N-dealkylation sites (N-methyl/N-ethyl adjacent to an activating group) is 1. The van der Waals surface area contributed by atoms with Crippen LogP contribution in [0.15, 0.2) is 24.3 Å². The van der Waals surface area contributed by atoms with Gasteiger partial charge in [0, 0.05) is 30.7 Å². The van der Waals surface area contributed by atoms with Crippen molar-refractivity contribution in [1.82, 2.24) is 10.2 Å². The van der Waals surface area contributed by atoms with Crippen molar-refractivity contribution in [2.45, 2.75) is 6.10 Å². The molecule has 2 amide bonds. The first-order chi connectivity index (χ1) is 9.06. The van der Waals surface area contributed by atoms with Crippen LogP contribution in [0.4, 0.5) is 0 Å². The number of halogens is 1. The molecule has 1 atom stereocenters. The van der Waals surface area contributed by atoms with E-state index < -0.39 is 0 Å². The topological polar surface area (TPSA) is 58.6 Å². The van der Waals surface area contributed by atoms with Crippen molar-refractivity contribution in [1.29, 1.82) is 0 Å². The van der Waals surface area contributed by atoms with Crippen LogP contribution in [0.5, 0.6) is 0 Å². The zero-order valence-electron chi connectivity index (χ0n) is 10.6. The van der Waals surface area contributed by atoms with Crippen molar-refractivity contribution in [2.24, 2.45) is 0 Å². The van der Waals surface area contributed by atoms with E-state index in [1.165, 1.54) is 0 Å². The van der Waals surface area contributed by atoms with Gasteiger partial charge in [-0.2, -0.15) is 0 Å². The molecule has 1 fully saturated rings. The van der Waals surface area contributed by atoms with Crippen molar-refractivity contribution < 1.29 is 14.3 Å². The minimum absolute atomic E-state index is 0.0441. The van der Waals surface area contributed by atoms with E-state index in [9.17, 15) is 9.59 Å². The van der Waals surface area contributed by atoms with Gasteiger partial charge in [-0.15, -0.1) is 0 Å². The maximum absolute atomic E-state index is 11.9. The van der Waals surface area contributed by atoms with E-state index in [4.69, 9.17) is 16.3 Å². The summed E-state index contributed by atoms with van der Waals surface area (Å²) in [5.41, 5.74) is 0.507. The van der Waals surface area contributed by atoms with Crippen LogP contribution in [0, 0.1) is 0 Å². The molecule has 0 saturated carbocycles. The van der Waals surface area contributed by atoms with Gasteiger partial charge < -0.3 is 15.0 Å². The smallest absolute Gasteiger partial charge is 0.251 e. The molecule has 1 aliphatic rings. The number of rotatable bonds is 3. The van der Waals surface area contributed by atoms with Gasteiger partial charge in [-0.05, 0) is 18.2 Å². The van der Waals surface area contributed by atoms with Gasteiger partial charge >= 0.3 is 0 Å². The SMILES string of the molecule is CN1CC(CNC(=O)c2cccc(Cl)c2)OCC1=O. The number of hydrogen-bond acceptors (Lipinski definition) is 3. The van der Waals surface area contributed by atoms with E-state index in [2.05, 4.69) is 5.32 Å². The Morgan fingerprint density at radius 2 is 2.37 bits per heavy atom. The Kier molecular flexibility index (Phi) is 4.39. The van der Waals surface area contributed by atoms with Crippen molar-refractivity contribution in [3.63, 3.8) is 0 Å². The lowest BCUT2D eigenvalue weighted by atomic mass is 10.2. The summed E-state index contributed by atoms with van der Waals surface area (Å²) in [5, 5.41) is 3.29. The number of hydrogen-bond donors (Lipinski definition) is 1. The van der Waals surface area contributed by atoms with Gasteiger partial charge in [-0.3, -0.25) is 9.59 Å². The van der Waals surface area contributed by atoms with E-state index in [0.29, 0.717) is 23.7 Å². The molecule has 19 heavy (non-hydrogen) atoms. The predicted octanol–water partition coefficient (Wildman–Crippen LogP) is 0.927. The van der Waals surface area contributed by atoms with E-state index in [1.54, 1.807) is 36.2 Å². The quantitative estimate of drug-likeness (QED) is 0.897. The third-order valence-electron chi connectivity index (χ3n) is 2.92. The molecule has 0 spiro atoms. The monoisotopic (exact) mass is 282 g/mol. The summed E-state index contributed by atoms with van der Waals surface area (Å²) in [4.78, 5) is 24.7. The lowest BCUT2D eigenvalue weighted by Gasteiger charge is -2.29. The predicted molar refractivity (Wildman–Crippen MR) is 71.2 cm³/mol. The molecule has 1 saturated heterocycles. The first kappa shape index (κ1) is 13.8. The molecule has 1 heterocycles. The molecule has 1 unspecified atom stereocenters. The summed E-state index contributed by atoms with van der Waals surface area (Å²) in [6.45, 7) is 0.909. The average molecular weight is 283 g/mol.